The van der Waals surface area contributed by atoms with Gasteiger partial charge in [0.2, 0.25) is 0 Å². The summed E-state index contributed by atoms with van der Waals surface area (Å²) in [5.74, 6) is 1.54. The first-order valence-corrected chi connectivity index (χ1v) is 10.6. The number of methoxy groups -OCH3 is 1. The van der Waals surface area contributed by atoms with Gasteiger partial charge in [0.05, 0.1) is 13.2 Å². The molecule has 2 fully saturated rings. The molecule has 1 aromatic carbocycles. The minimum absolute atomic E-state index is 0.0670. The maximum absolute atomic E-state index is 13.1. The van der Waals surface area contributed by atoms with Crippen LogP contribution in [-0.2, 0) is 11.8 Å². The fraction of sp³-hybridized carbons (Fsp3) is 0.545. The van der Waals surface area contributed by atoms with Gasteiger partial charge in [-0.2, -0.15) is 0 Å². The van der Waals surface area contributed by atoms with E-state index < -0.39 is 0 Å². The Morgan fingerprint density at radius 3 is 2.83 bits per heavy atom. The van der Waals surface area contributed by atoms with Crippen LogP contribution in [0.1, 0.15) is 30.3 Å². The zero-order valence-electron chi connectivity index (χ0n) is 17.8. The third-order valence-electron chi connectivity index (χ3n) is 5.96. The first-order valence-electron chi connectivity index (χ1n) is 10.6. The number of aromatic nitrogens is 2. The highest BCUT2D eigenvalue weighted by Gasteiger charge is 2.28. The highest BCUT2D eigenvalue weighted by molar-refractivity contribution is 5.75. The largest absolute Gasteiger partial charge is 0.497 e. The zero-order valence-corrected chi connectivity index (χ0v) is 17.8. The Morgan fingerprint density at radius 1 is 1.33 bits per heavy atom. The topological polar surface area (TPSA) is 71.9 Å². The van der Waals surface area contributed by atoms with Crippen LogP contribution in [0.25, 0.3) is 0 Å². The number of hydrogen-bond donors (Lipinski definition) is 1. The summed E-state index contributed by atoms with van der Waals surface area (Å²) >= 11 is 0. The van der Waals surface area contributed by atoms with Crippen molar-refractivity contribution in [2.75, 3.05) is 46.4 Å². The lowest BCUT2D eigenvalue weighted by Crippen LogP contribution is -2.53. The van der Waals surface area contributed by atoms with Gasteiger partial charge < -0.3 is 24.3 Å². The average Bonchev–Trinajstić information content (AvgIpc) is 3.44. The lowest BCUT2D eigenvalue weighted by atomic mass is 10.1. The summed E-state index contributed by atoms with van der Waals surface area (Å²) in [6, 6.07) is 7.34. The Labute approximate surface area is 177 Å². The second-order valence-corrected chi connectivity index (χ2v) is 7.98. The van der Waals surface area contributed by atoms with Crippen LogP contribution in [0.2, 0.25) is 0 Å². The van der Waals surface area contributed by atoms with E-state index in [1.165, 1.54) is 0 Å². The molecule has 0 saturated carbocycles. The molecule has 2 aliphatic heterocycles. The van der Waals surface area contributed by atoms with E-state index in [0.717, 1.165) is 56.2 Å². The molecule has 2 atom stereocenters. The summed E-state index contributed by atoms with van der Waals surface area (Å²) in [7, 11) is 3.58. The third-order valence-corrected chi connectivity index (χ3v) is 5.96. The second kappa shape index (κ2) is 9.49. The Bertz CT molecular complexity index is 841. The monoisotopic (exact) mass is 413 g/mol. The van der Waals surface area contributed by atoms with Crippen LogP contribution in [-0.4, -0.2) is 77.9 Å². The van der Waals surface area contributed by atoms with Crippen molar-refractivity contribution >= 4 is 6.03 Å². The number of amides is 2. The summed E-state index contributed by atoms with van der Waals surface area (Å²) in [6.07, 6.45) is 6.29. The molecule has 2 aliphatic rings. The second-order valence-electron chi connectivity index (χ2n) is 7.98. The van der Waals surface area contributed by atoms with E-state index in [4.69, 9.17) is 9.47 Å². The number of urea groups is 1. The van der Waals surface area contributed by atoms with E-state index in [1.54, 1.807) is 13.3 Å². The van der Waals surface area contributed by atoms with Gasteiger partial charge in [0.15, 0.2) is 0 Å². The molecule has 0 aliphatic carbocycles. The molecule has 30 heavy (non-hydrogen) atoms. The lowest BCUT2D eigenvalue weighted by Gasteiger charge is -2.36. The molecule has 0 bridgehead atoms. The minimum atomic E-state index is -0.350. The quantitative estimate of drug-likeness (QED) is 0.785. The molecule has 4 rings (SSSR count). The van der Waals surface area contributed by atoms with Gasteiger partial charge in [0, 0.05) is 58.8 Å². The number of benzene rings is 1. The van der Waals surface area contributed by atoms with Crippen molar-refractivity contribution in [1.29, 1.82) is 0 Å². The maximum atomic E-state index is 13.1. The van der Waals surface area contributed by atoms with Crippen molar-refractivity contribution < 1.29 is 14.3 Å². The summed E-state index contributed by atoms with van der Waals surface area (Å²) in [6.45, 7) is 5.02. The van der Waals surface area contributed by atoms with Crippen molar-refractivity contribution in [2.24, 2.45) is 7.05 Å². The Morgan fingerprint density at radius 2 is 2.17 bits per heavy atom. The smallest absolute Gasteiger partial charge is 0.318 e. The molecule has 8 nitrogen and oxygen atoms in total. The van der Waals surface area contributed by atoms with Crippen LogP contribution >= 0.6 is 0 Å². The molecule has 3 heterocycles. The van der Waals surface area contributed by atoms with E-state index in [2.05, 4.69) is 15.2 Å². The number of piperazine rings is 1. The highest BCUT2D eigenvalue weighted by atomic mass is 16.5. The van der Waals surface area contributed by atoms with Gasteiger partial charge in [0.25, 0.3) is 0 Å². The molecule has 2 aromatic rings. The molecule has 8 heteroatoms. The standard InChI is InChI=1S/C22H31N5O3/c1-25-9-8-23-21(25)20(17-5-3-6-18(15-17)29-2)24-22(28)27-12-10-26(11-13-27)16-19-7-4-14-30-19/h3,5-6,8-9,15,19-20H,4,7,10-14,16H2,1-2H3,(H,24,28)/t19-,20-/m1/s1. The number of nitrogens with zero attached hydrogens (tertiary/aromatic N) is 4. The van der Waals surface area contributed by atoms with Gasteiger partial charge in [-0.25, -0.2) is 9.78 Å². The summed E-state index contributed by atoms with van der Waals surface area (Å²) in [5, 5.41) is 3.19. The van der Waals surface area contributed by atoms with Crippen molar-refractivity contribution in [1.82, 2.24) is 24.7 Å². The van der Waals surface area contributed by atoms with E-state index in [9.17, 15) is 4.79 Å². The van der Waals surface area contributed by atoms with Crippen LogP contribution in [0.5, 0.6) is 5.75 Å². The SMILES string of the molecule is COc1cccc([C@@H](NC(=O)N2CCN(C[C@H]3CCCO3)CC2)c2nccn2C)c1. The molecule has 2 amide bonds. The Kier molecular flexibility index (Phi) is 6.54. The number of aryl methyl sites for hydroxylation is 1. The number of rotatable bonds is 6. The highest BCUT2D eigenvalue weighted by Crippen LogP contribution is 2.24. The minimum Gasteiger partial charge on any atom is -0.497 e. The third kappa shape index (κ3) is 4.76. The number of hydrogen-bond acceptors (Lipinski definition) is 5. The molecule has 1 aromatic heterocycles. The van der Waals surface area contributed by atoms with Gasteiger partial charge in [-0.3, -0.25) is 4.90 Å². The van der Waals surface area contributed by atoms with Crippen molar-refractivity contribution in [2.45, 2.75) is 25.0 Å². The maximum Gasteiger partial charge on any atom is 0.318 e. The van der Waals surface area contributed by atoms with Gasteiger partial charge in [0.1, 0.15) is 17.6 Å². The summed E-state index contributed by atoms with van der Waals surface area (Å²) < 4.78 is 13.1. The molecule has 0 radical (unpaired) electrons. The summed E-state index contributed by atoms with van der Waals surface area (Å²) in [4.78, 5) is 21.9. The molecular formula is C22H31N5O3. The zero-order chi connectivity index (χ0) is 20.9. The van der Waals surface area contributed by atoms with E-state index in [0.29, 0.717) is 19.2 Å². The Hall–Kier alpha value is -2.58. The van der Waals surface area contributed by atoms with Gasteiger partial charge in [-0.1, -0.05) is 12.1 Å². The van der Waals surface area contributed by atoms with E-state index in [1.807, 2.05) is 47.0 Å². The van der Waals surface area contributed by atoms with Crippen molar-refractivity contribution in [3.63, 3.8) is 0 Å². The molecule has 0 unspecified atom stereocenters. The fourth-order valence-corrected chi connectivity index (χ4v) is 4.20. The predicted octanol–water partition coefficient (Wildman–Crippen LogP) is 2.02. The lowest BCUT2D eigenvalue weighted by molar-refractivity contribution is 0.0559. The van der Waals surface area contributed by atoms with E-state index >= 15 is 0 Å². The molecule has 1 N–H and O–H groups in total. The normalized spacial score (nSPS) is 20.9. The van der Waals surface area contributed by atoms with E-state index in [-0.39, 0.29) is 12.1 Å². The first-order chi connectivity index (χ1) is 14.6. The number of carbonyl (C=O) groups is 1. The Balaban J connectivity index is 1.41. The molecular weight excluding hydrogens is 382 g/mol. The number of nitrogens with one attached hydrogen (secondary N) is 1. The summed E-state index contributed by atoms with van der Waals surface area (Å²) in [5.41, 5.74) is 0.939. The molecule has 2 saturated heterocycles. The van der Waals surface area contributed by atoms with Crippen LogP contribution in [0.3, 0.4) is 0 Å². The molecule has 0 spiro atoms. The number of carbonyl (C=O) groups excluding carboxylic acids is 1. The van der Waals surface area contributed by atoms with Crippen molar-refractivity contribution in [3.8, 4) is 5.75 Å². The van der Waals surface area contributed by atoms with Gasteiger partial charge in [-0.05, 0) is 30.5 Å². The van der Waals surface area contributed by atoms with Gasteiger partial charge >= 0.3 is 6.03 Å². The van der Waals surface area contributed by atoms with Crippen LogP contribution in [0.15, 0.2) is 36.7 Å². The van der Waals surface area contributed by atoms with Crippen molar-refractivity contribution in [3.05, 3.63) is 48.0 Å². The first kappa shape index (κ1) is 20.7. The average molecular weight is 414 g/mol. The fourth-order valence-electron chi connectivity index (χ4n) is 4.20. The van der Waals surface area contributed by atoms with Crippen LogP contribution in [0.4, 0.5) is 4.79 Å². The van der Waals surface area contributed by atoms with Gasteiger partial charge in [-0.15, -0.1) is 0 Å². The predicted molar refractivity (Wildman–Crippen MR) is 114 cm³/mol. The number of ether oxygens (including phenoxy) is 2. The van der Waals surface area contributed by atoms with Crippen LogP contribution < -0.4 is 10.1 Å². The molecule has 162 valence electrons. The van der Waals surface area contributed by atoms with Crippen LogP contribution in [0, 0.1) is 0 Å². The number of imidazole rings is 1.